The van der Waals surface area contributed by atoms with Crippen LogP contribution in [0.5, 0.6) is 0 Å². The summed E-state index contributed by atoms with van der Waals surface area (Å²) in [5.41, 5.74) is 3.63. The minimum absolute atomic E-state index is 0.0512. The van der Waals surface area contributed by atoms with E-state index in [1.165, 1.54) is 24.9 Å². The molecular formula is C24H28N6O. The zero-order chi connectivity index (χ0) is 21.0. The first-order valence-corrected chi connectivity index (χ1v) is 11.1. The Morgan fingerprint density at radius 1 is 1.10 bits per heavy atom. The fourth-order valence-electron chi connectivity index (χ4n) is 4.83. The van der Waals surface area contributed by atoms with Crippen LogP contribution in [-0.4, -0.2) is 55.9 Å². The van der Waals surface area contributed by atoms with Crippen molar-refractivity contribution < 1.29 is 0 Å². The number of piperidine rings is 1. The molecule has 0 aliphatic carbocycles. The van der Waals surface area contributed by atoms with Gasteiger partial charge in [-0.1, -0.05) is 30.3 Å². The molecule has 1 atom stereocenters. The second-order valence-electron chi connectivity index (χ2n) is 8.64. The molecule has 7 heteroatoms. The average Bonchev–Trinajstić information content (AvgIpc) is 2.81. The van der Waals surface area contributed by atoms with Crippen molar-refractivity contribution in [2.24, 2.45) is 5.92 Å². The van der Waals surface area contributed by atoms with E-state index >= 15 is 0 Å². The van der Waals surface area contributed by atoms with Gasteiger partial charge in [0.15, 0.2) is 5.82 Å². The van der Waals surface area contributed by atoms with Gasteiger partial charge in [-0.25, -0.2) is 9.97 Å². The summed E-state index contributed by atoms with van der Waals surface area (Å²) in [6, 6.07) is 10.7. The molecule has 0 radical (unpaired) electrons. The average molecular weight is 417 g/mol. The van der Waals surface area contributed by atoms with Gasteiger partial charge in [-0.15, -0.1) is 0 Å². The van der Waals surface area contributed by atoms with Crippen LogP contribution in [0, 0.1) is 5.92 Å². The number of rotatable bonds is 5. The number of nitrogens with zero attached hydrogens (tertiary/aromatic N) is 5. The molecule has 7 nitrogen and oxygen atoms in total. The fraction of sp³-hybridized carbons (Fsp3) is 0.417. The van der Waals surface area contributed by atoms with E-state index in [4.69, 9.17) is 4.98 Å². The number of hydrogen-bond donors (Lipinski definition) is 1. The molecule has 2 aliphatic rings. The molecule has 5 rings (SSSR count). The molecule has 0 amide bonds. The first-order valence-electron chi connectivity index (χ1n) is 11.1. The van der Waals surface area contributed by atoms with Crippen LogP contribution in [0.25, 0.3) is 11.5 Å². The van der Waals surface area contributed by atoms with Gasteiger partial charge in [0.1, 0.15) is 5.69 Å². The fourth-order valence-corrected chi connectivity index (χ4v) is 4.83. The number of aromatic amines is 1. The molecule has 0 bridgehead atoms. The van der Waals surface area contributed by atoms with E-state index in [0.717, 1.165) is 43.9 Å². The van der Waals surface area contributed by atoms with Crippen molar-refractivity contribution >= 4 is 0 Å². The molecule has 4 heterocycles. The van der Waals surface area contributed by atoms with Gasteiger partial charge in [0.2, 0.25) is 0 Å². The SMILES string of the molecule is O=c1[nH]c(-c2cnccn2)nc2c1CN(CC1CCCN(Cc3ccccc3)C1)CC2. The van der Waals surface area contributed by atoms with Crippen LogP contribution in [0.1, 0.15) is 29.7 Å². The van der Waals surface area contributed by atoms with E-state index in [2.05, 4.69) is 55.1 Å². The molecule has 3 aromatic rings. The zero-order valence-corrected chi connectivity index (χ0v) is 17.7. The van der Waals surface area contributed by atoms with Crippen LogP contribution < -0.4 is 5.56 Å². The van der Waals surface area contributed by atoms with E-state index in [9.17, 15) is 4.79 Å². The number of likely N-dealkylation sites (tertiary alicyclic amines) is 1. The molecular weight excluding hydrogens is 388 g/mol. The maximum atomic E-state index is 12.8. The van der Waals surface area contributed by atoms with Crippen LogP contribution in [0.15, 0.2) is 53.7 Å². The second-order valence-corrected chi connectivity index (χ2v) is 8.64. The summed E-state index contributed by atoms with van der Waals surface area (Å²) < 4.78 is 0. The Hall–Kier alpha value is -2.90. The maximum Gasteiger partial charge on any atom is 0.255 e. The topological polar surface area (TPSA) is 78.0 Å². The van der Waals surface area contributed by atoms with Crippen LogP contribution in [0.3, 0.4) is 0 Å². The third-order valence-electron chi connectivity index (χ3n) is 6.32. The van der Waals surface area contributed by atoms with Gasteiger partial charge in [0, 0.05) is 51.5 Å². The van der Waals surface area contributed by atoms with E-state index in [-0.39, 0.29) is 5.56 Å². The summed E-state index contributed by atoms with van der Waals surface area (Å²) in [6.45, 7) is 5.97. The molecule has 2 aliphatic heterocycles. The monoisotopic (exact) mass is 416 g/mol. The molecule has 31 heavy (non-hydrogen) atoms. The highest BCUT2D eigenvalue weighted by atomic mass is 16.1. The Kier molecular flexibility index (Phi) is 5.86. The molecule has 1 N–H and O–H groups in total. The summed E-state index contributed by atoms with van der Waals surface area (Å²) in [4.78, 5) is 33.7. The number of hydrogen-bond acceptors (Lipinski definition) is 6. The van der Waals surface area contributed by atoms with Gasteiger partial charge >= 0.3 is 0 Å². The molecule has 1 unspecified atom stereocenters. The molecule has 0 spiro atoms. The minimum Gasteiger partial charge on any atom is -0.305 e. The van der Waals surface area contributed by atoms with Crippen LogP contribution in [-0.2, 0) is 19.5 Å². The van der Waals surface area contributed by atoms with E-state index in [1.807, 2.05) is 0 Å². The summed E-state index contributed by atoms with van der Waals surface area (Å²) in [5.74, 6) is 1.15. The molecule has 1 aromatic carbocycles. The largest absolute Gasteiger partial charge is 0.305 e. The lowest BCUT2D eigenvalue weighted by molar-refractivity contribution is 0.121. The Balaban J connectivity index is 1.23. The van der Waals surface area contributed by atoms with Crippen LogP contribution in [0.4, 0.5) is 0 Å². The van der Waals surface area contributed by atoms with Gasteiger partial charge in [0.25, 0.3) is 5.56 Å². The number of H-pyrrole nitrogens is 1. The van der Waals surface area contributed by atoms with Gasteiger partial charge < -0.3 is 4.98 Å². The summed E-state index contributed by atoms with van der Waals surface area (Å²) in [6.07, 6.45) is 8.16. The minimum atomic E-state index is -0.0512. The second kappa shape index (κ2) is 9.08. The lowest BCUT2D eigenvalue weighted by Crippen LogP contribution is -2.43. The quantitative estimate of drug-likeness (QED) is 0.689. The van der Waals surface area contributed by atoms with E-state index < -0.39 is 0 Å². The highest BCUT2D eigenvalue weighted by Gasteiger charge is 2.26. The van der Waals surface area contributed by atoms with Crippen molar-refractivity contribution in [2.45, 2.75) is 32.4 Å². The Labute approximate surface area is 182 Å². The molecule has 2 aromatic heterocycles. The molecule has 1 saturated heterocycles. The van der Waals surface area contributed by atoms with Crippen molar-refractivity contribution in [3.05, 3.63) is 76.1 Å². The predicted molar refractivity (Wildman–Crippen MR) is 119 cm³/mol. The van der Waals surface area contributed by atoms with Gasteiger partial charge in [-0.2, -0.15) is 0 Å². The first kappa shape index (κ1) is 20.0. The number of aromatic nitrogens is 4. The highest BCUT2D eigenvalue weighted by molar-refractivity contribution is 5.47. The zero-order valence-electron chi connectivity index (χ0n) is 17.7. The normalized spacial score (nSPS) is 19.8. The van der Waals surface area contributed by atoms with Crippen molar-refractivity contribution in [3.8, 4) is 11.5 Å². The van der Waals surface area contributed by atoms with E-state index in [1.54, 1.807) is 18.6 Å². The van der Waals surface area contributed by atoms with Crippen LogP contribution >= 0.6 is 0 Å². The first-order chi connectivity index (χ1) is 15.2. The van der Waals surface area contributed by atoms with Crippen molar-refractivity contribution in [3.63, 3.8) is 0 Å². The Bertz CT molecular complexity index is 1070. The Morgan fingerprint density at radius 2 is 2.00 bits per heavy atom. The van der Waals surface area contributed by atoms with Gasteiger partial charge in [-0.05, 0) is 30.9 Å². The standard InChI is InChI=1S/C24H28N6O/c31-24-20-17-30(12-8-21(20)27-23(28-24)22-13-25-9-10-26-22)16-19-7-4-11-29(15-19)14-18-5-2-1-3-6-18/h1-3,5-6,9-10,13,19H,4,7-8,11-12,14-17H2,(H,27,28,31). The predicted octanol–water partition coefficient (Wildman–Crippen LogP) is 2.50. The summed E-state index contributed by atoms with van der Waals surface area (Å²) in [7, 11) is 0. The molecule has 1 fully saturated rings. The number of benzene rings is 1. The maximum absolute atomic E-state index is 12.8. The summed E-state index contributed by atoms with van der Waals surface area (Å²) >= 11 is 0. The smallest absolute Gasteiger partial charge is 0.255 e. The lowest BCUT2D eigenvalue weighted by atomic mass is 9.95. The third kappa shape index (κ3) is 4.73. The van der Waals surface area contributed by atoms with Gasteiger partial charge in [0.05, 0.1) is 17.5 Å². The molecule has 160 valence electrons. The van der Waals surface area contributed by atoms with Gasteiger partial charge in [-0.3, -0.25) is 19.6 Å². The summed E-state index contributed by atoms with van der Waals surface area (Å²) in [5, 5.41) is 0. The third-order valence-corrected chi connectivity index (χ3v) is 6.32. The highest BCUT2D eigenvalue weighted by Crippen LogP contribution is 2.23. The molecule has 0 saturated carbocycles. The van der Waals surface area contributed by atoms with Crippen molar-refractivity contribution in [2.75, 3.05) is 26.2 Å². The van der Waals surface area contributed by atoms with Crippen molar-refractivity contribution in [1.29, 1.82) is 0 Å². The Morgan fingerprint density at radius 3 is 2.84 bits per heavy atom. The lowest BCUT2D eigenvalue weighted by Gasteiger charge is -2.37. The van der Waals surface area contributed by atoms with Crippen LogP contribution in [0.2, 0.25) is 0 Å². The number of fused-ring (bicyclic) bond motifs is 1. The van der Waals surface area contributed by atoms with E-state index in [0.29, 0.717) is 24.0 Å². The van der Waals surface area contributed by atoms with Crippen molar-refractivity contribution in [1.82, 2.24) is 29.7 Å². The number of nitrogens with one attached hydrogen (secondary N) is 1.